The first-order chi connectivity index (χ1) is 14.7. The number of nitrogens with one attached hydrogen (secondary N) is 2. The lowest BCUT2D eigenvalue weighted by atomic mass is 10.0. The summed E-state index contributed by atoms with van der Waals surface area (Å²) in [6.07, 6.45) is 3.05. The lowest BCUT2D eigenvalue weighted by Gasteiger charge is -2.26. The summed E-state index contributed by atoms with van der Waals surface area (Å²) in [5.41, 5.74) is 1.12. The van der Waals surface area contributed by atoms with Crippen LogP contribution in [0.1, 0.15) is 38.7 Å². The molecule has 0 radical (unpaired) electrons. The summed E-state index contributed by atoms with van der Waals surface area (Å²) in [5.74, 6) is 2.17. The normalized spacial score (nSPS) is 15.8. The van der Waals surface area contributed by atoms with E-state index in [2.05, 4.69) is 41.5 Å². The van der Waals surface area contributed by atoms with Gasteiger partial charge in [0.15, 0.2) is 5.96 Å². The van der Waals surface area contributed by atoms with Crippen molar-refractivity contribution in [3.05, 3.63) is 29.8 Å². The van der Waals surface area contributed by atoms with Crippen molar-refractivity contribution in [2.45, 2.75) is 39.7 Å². The standard InChI is InChI=1S/C23H40N4O3.HI/c1-3-6-20(9-13-28)18-25-23(24-4-2)26-19-21-7-5-8-22(17-21)30-16-12-27-10-14-29-15-11-27;/h5,7-8,17,20,28H,3-4,6,9-16,18-19H2,1-2H3,(H2,24,25,26);1H. The predicted octanol–water partition coefficient (Wildman–Crippen LogP) is 2.87. The topological polar surface area (TPSA) is 78.3 Å². The molecule has 1 aromatic carbocycles. The number of guanidine groups is 1. The molecule has 1 unspecified atom stereocenters. The van der Waals surface area contributed by atoms with E-state index in [4.69, 9.17) is 14.5 Å². The summed E-state index contributed by atoms with van der Waals surface area (Å²) >= 11 is 0. The SMILES string of the molecule is CCCC(CCO)CNC(=NCc1cccc(OCCN2CCOCC2)c1)NCC.I. The van der Waals surface area contributed by atoms with Gasteiger partial charge in [0.25, 0.3) is 0 Å². The Morgan fingerprint density at radius 1 is 1.23 bits per heavy atom. The summed E-state index contributed by atoms with van der Waals surface area (Å²) in [5, 5.41) is 16.0. The van der Waals surface area contributed by atoms with Gasteiger partial charge < -0.3 is 25.2 Å². The molecule has 1 heterocycles. The molecule has 8 heteroatoms. The molecule has 178 valence electrons. The lowest BCUT2D eigenvalue weighted by Crippen LogP contribution is -2.40. The van der Waals surface area contributed by atoms with Crippen molar-refractivity contribution in [2.24, 2.45) is 10.9 Å². The Hall–Kier alpha value is -1.10. The van der Waals surface area contributed by atoms with E-state index in [9.17, 15) is 5.11 Å². The number of aliphatic imine (C=N–C) groups is 1. The van der Waals surface area contributed by atoms with Crippen LogP contribution in [-0.4, -0.2) is 75.1 Å². The smallest absolute Gasteiger partial charge is 0.191 e. The number of nitrogens with zero attached hydrogens (tertiary/aromatic N) is 2. The summed E-state index contributed by atoms with van der Waals surface area (Å²) in [7, 11) is 0. The van der Waals surface area contributed by atoms with E-state index in [1.54, 1.807) is 0 Å². The quantitative estimate of drug-likeness (QED) is 0.200. The molecule has 2 rings (SSSR count). The van der Waals surface area contributed by atoms with Crippen LogP contribution in [0.2, 0.25) is 0 Å². The Kier molecular flexibility index (Phi) is 15.7. The molecule has 0 amide bonds. The van der Waals surface area contributed by atoms with E-state index in [-0.39, 0.29) is 30.6 Å². The predicted molar refractivity (Wildman–Crippen MR) is 138 cm³/mol. The van der Waals surface area contributed by atoms with Gasteiger partial charge in [0, 0.05) is 39.3 Å². The van der Waals surface area contributed by atoms with Crippen molar-refractivity contribution < 1.29 is 14.6 Å². The fraction of sp³-hybridized carbons (Fsp3) is 0.696. The van der Waals surface area contributed by atoms with Gasteiger partial charge in [-0.2, -0.15) is 0 Å². The Bertz CT molecular complexity index is 606. The maximum Gasteiger partial charge on any atom is 0.191 e. The van der Waals surface area contributed by atoms with E-state index in [0.717, 1.165) is 82.5 Å². The summed E-state index contributed by atoms with van der Waals surface area (Å²) < 4.78 is 11.3. The van der Waals surface area contributed by atoms with Crippen molar-refractivity contribution in [3.63, 3.8) is 0 Å². The third-order valence-electron chi connectivity index (χ3n) is 5.23. The van der Waals surface area contributed by atoms with Gasteiger partial charge in [-0.3, -0.25) is 4.90 Å². The molecule has 1 aromatic rings. The number of hydrogen-bond acceptors (Lipinski definition) is 5. The van der Waals surface area contributed by atoms with Gasteiger partial charge in [-0.05, 0) is 43.4 Å². The molecular weight excluding hydrogens is 507 g/mol. The number of ether oxygens (including phenoxy) is 2. The molecule has 1 aliphatic heterocycles. The molecule has 1 aliphatic rings. The van der Waals surface area contributed by atoms with Crippen LogP contribution in [0.5, 0.6) is 5.75 Å². The van der Waals surface area contributed by atoms with Gasteiger partial charge >= 0.3 is 0 Å². The highest BCUT2D eigenvalue weighted by molar-refractivity contribution is 14.0. The van der Waals surface area contributed by atoms with Crippen molar-refractivity contribution >= 4 is 29.9 Å². The number of hydrogen-bond donors (Lipinski definition) is 3. The van der Waals surface area contributed by atoms with Gasteiger partial charge in [-0.1, -0.05) is 25.5 Å². The minimum Gasteiger partial charge on any atom is -0.492 e. The molecule has 3 N–H and O–H groups in total. The number of halogens is 1. The van der Waals surface area contributed by atoms with E-state index < -0.39 is 0 Å². The molecule has 1 atom stereocenters. The van der Waals surface area contributed by atoms with Crippen LogP contribution in [0.4, 0.5) is 0 Å². The van der Waals surface area contributed by atoms with Gasteiger partial charge in [0.05, 0.1) is 19.8 Å². The number of benzene rings is 1. The van der Waals surface area contributed by atoms with Crippen LogP contribution in [0.15, 0.2) is 29.3 Å². The Morgan fingerprint density at radius 2 is 2.03 bits per heavy atom. The highest BCUT2D eigenvalue weighted by Gasteiger charge is 2.10. The van der Waals surface area contributed by atoms with E-state index in [1.807, 2.05) is 12.1 Å². The monoisotopic (exact) mass is 548 g/mol. The highest BCUT2D eigenvalue weighted by atomic mass is 127. The third kappa shape index (κ3) is 11.9. The van der Waals surface area contributed by atoms with Crippen molar-refractivity contribution in [3.8, 4) is 5.75 Å². The molecule has 0 aromatic heterocycles. The second kappa shape index (κ2) is 17.5. The highest BCUT2D eigenvalue weighted by Crippen LogP contribution is 2.14. The molecule has 31 heavy (non-hydrogen) atoms. The van der Waals surface area contributed by atoms with E-state index >= 15 is 0 Å². The Labute approximate surface area is 205 Å². The summed E-state index contributed by atoms with van der Waals surface area (Å²) in [4.78, 5) is 7.09. The molecule has 1 saturated heterocycles. The van der Waals surface area contributed by atoms with Gasteiger partial charge in [0.1, 0.15) is 12.4 Å². The maximum atomic E-state index is 9.25. The minimum absolute atomic E-state index is 0. The molecule has 0 spiro atoms. The Morgan fingerprint density at radius 3 is 2.74 bits per heavy atom. The molecular formula is C23H41IN4O3. The number of aliphatic hydroxyl groups is 1. The molecule has 0 bridgehead atoms. The van der Waals surface area contributed by atoms with Crippen LogP contribution in [0.3, 0.4) is 0 Å². The molecule has 0 saturated carbocycles. The van der Waals surface area contributed by atoms with Crippen molar-refractivity contribution in [2.75, 3.05) is 59.2 Å². The largest absolute Gasteiger partial charge is 0.492 e. The van der Waals surface area contributed by atoms with Crippen LogP contribution in [0, 0.1) is 5.92 Å². The average molecular weight is 549 g/mol. The number of aliphatic hydroxyl groups excluding tert-OH is 1. The zero-order valence-corrected chi connectivity index (χ0v) is 21.5. The zero-order chi connectivity index (χ0) is 21.4. The first kappa shape index (κ1) is 27.9. The van der Waals surface area contributed by atoms with Crippen molar-refractivity contribution in [1.29, 1.82) is 0 Å². The van der Waals surface area contributed by atoms with Crippen LogP contribution in [-0.2, 0) is 11.3 Å². The van der Waals surface area contributed by atoms with Crippen LogP contribution < -0.4 is 15.4 Å². The van der Waals surface area contributed by atoms with Gasteiger partial charge in [-0.15, -0.1) is 24.0 Å². The van der Waals surface area contributed by atoms with E-state index in [0.29, 0.717) is 19.1 Å². The first-order valence-electron chi connectivity index (χ1n) is 11.4. The maximum absolute atomic E-state index is 9.25. The van der Waals surface area contributed by atoms with E-state index in [1.165, 1.54) is 0 Å². The van der Waals surface area contributed by atoms with Gasteiger partial charge in [-0.25, -0.2) is 4.99 Å². The van der Waals surface area contributed by atoms with Gasteiger partial charge in [0.2, 0.25) is 0 Å². The second-order valence-electron chi connectivity index (χ2n) is 7.69. The lowest BCUT2D eigenvalue weighted by molar-refractivity contribution is 0.0322. The Balaban J connectivity index is 0.00000480. The minimum atomic E-state index is 0. The molecule has 1 fully saturated rings. The first-order valence-corrected chi connectivity index (χ1v) is 11.4. The molecule has 0 aliphatic carbocycles. The average Bonchev–Trinajstić information content (AvgIpc) is 2.77. The third-order valence-corrected chi connectivity index (χ3v) is 5.23. The summed E-state index contributed by atoms with van der Waals surface area (Å²) in [6.45, 7) is 11.9. The molecule has 7 nitrogen and oxygen atoms in total. The zero-order valence-electron chi connectivity index (χ0n) is 19.1. The van der Waals surface area contributed by atoms with Crippen LogP contribution >= 0.6 is 24.0 Å². The van der Waals surface area contributed by atoms with Crippen LogP contribution in [0.25, 0.3) is 0 Å². The number of morpholine rings is 1. The second-order valence-corrected chi connectivity index (χ2v) is 7.69. The van der Waals surface area contributed by atoms with Crippen molar-refractivity contribution in [1.82, 2.24) is 15.5 Å². The fourth-order valence-corrected chi connectivity index (χ4v) is 3.54. The summed E-state index contributed by atoms with van der Waals surface area (Å²) in [6, 6.07) is 8.17. The number of rotatable bonds is 13. The fourth-order valence-electron chi connectivity index (χ4n) is 3.54.